The molecule has 17 heavy (non-hydrogen) atoms. The fraction of sp³-hybridized carbons (Fsp3) is 0.643. The second-order valence-electron chi connectivity index (χ2n) is 4.54. The second kappa shape index (κ2) is 6.01. The van der Waals surface area contributed by atoms with Gasteiger partial charge >= 0.3 is 5.97 Å². The summed E-state index contributed by atoms with van der Waals surface area (Å²) in [7, 11) is 0. The van der Waals surface area contributed by atoms with Crippen LogP contribution >= 0.6 is 0 Å². The average molecular weight is 236 g/mol. The molecule has 2 fully saturated rings. The maximum Gasteiger partial charge on any atom is 0.338 e. The lowest BCUT2D eigenvalue weighted by molar-refractivity contribution is -0.149. The molecular formula is C14H20O3. The standard InChI is InChI=1S/C14H20O3/c1-2-3-4-5-6-7-8-9-10-11-12-13(17-12)14(15)16-11/h4-5,7-8,11-13H,2-3,6,9-10H2,1H3/b5-4+,8-7+/t11-,12-,13-/m1/s1. The molecule has 0 aromatic rings. The van der Waals surface area contributed by atoms with Crippen molar-refractivity contribution >= 4 is 5.97 Å². The van der Waals surface area contributed by atoms with Crippen LogP contribution < -0.4 is 0 Å². The predicted molar refractivity (Wildman–Crippen MR) is 65.6 cm³/mol. The molecule has 0 amide bonds. The number of esters is 1. The van der Waals surface area contributed by atoms with Crippen molar-refractivity contribution < 1.29 is 14.3 Å². The number of rotatable bonds is 7. The Morgan fingerprint density at radius 2 is 1.94 bits per heavy atom. The number of carbonyl (C=O) groups is 1. The van der Waals surface area contributed by atoms with E-state index in [1.165, 1.54) is 6.42 Å². The quantitative estimate of drug-likeness (QED) is 0.387. The van der Waals surface area contributed by atoms with E-state index in [9.17, 15) is 4.79 Å². The molecule has 0 aromatic carbocycles. The Kier molecular flexibility index (Phi) is 4.37. The summed E-state index contributed by atoms with van der Waals surface area (Å²) in [4.78, 5) is 11.1. The number of allylic oxidation sites excluding steroid dienone is 4. The molecule has 2 aliphatic rings. The van der Waals surface area contributed by atoms with Crippen LogP contribution in [0, 0.1) is 0 Å². The molecule has 0 N–H and O–H groups in total. The molecular weight excluding hydrogens is 216 g/mol. The van der Waals surface area contributed by atoms with Crippen molar-refractivity contribution in [3.8, 4) is 0 Å². The summed E-state index contributed by atoms with van der Waals surface area (Å²) in [6, 6.07) is 0. The van der Waals surface area contributed by atoms with Crippen molar-refractivity contribution in [2.75, 3.05) is 0 Å². The summed E-state index contributed by atoms with van der Waals surface area (Å²) in [5.41, 5.74) is 0. The number of cyclic esters (lactones) is 1. The molecule has 94 valence electrons. The van der Waals surface area contributed by atoms with E-state index in [-0.39, 0.29) is 24.3 Å². The molecule has 3 atom stereocenters. The average Bonchev–Trinajstić information content (AvgIpc) is 3.05. The van der Waals surface area contributed by atoms with Gasteiger partial charge in [-0.3, -0.25) is 0 Å². The van der Waals surface area contributed by atoms with Crippen molar-refractivity contribution in [1.82, 2.24) is 0 Å². The molecule has 0 radical (unpaired) electrons. The van der Waals surface area contributed by atoms with Gasteiger partial charge in [-0.1, -0.05) is 37.6 Å². The minimum atomic E-state index is -0.235. The number of carbonyl (C=O) groups excluding carboxylic acids is 1. The molecule has 0 spiro atoms. The van der Waals surface area contributed by atoms with Gasteiger partial charge in [-0.2, -0.15) is 0 Å². The zero-order valence-electron chi connectivity index (χ0n) is 10.3. The molecule has 3 nitrogen and oxygen atoms in total. The molecule has 2 saturated heterocycles. The number of fused-ring (bicyclic) bond motifs is 1. The van der Waals surface area contributed by atoms with Gasteiger partial charge in [0.1, 0.15) is 12.2 Å². The van der Waals surface area contributed by atoms with E-state index in [1.807, 2.05) is 0 Å². The molecule has 0 bridgehead atoms. The lowest BCUT2D eigenvalue weighted by atomic mass is 10.1. The summed E-state index contributed by atoms with van der Waals surface area (Å²) in [5, 5.41) is 0. The van der Waals surface area contributed by atoms with Crippen LogP contribution in [-0.2, 0) is 14.3 Å². The third-order valence-electron chi connectivity index (χ3n) is 3.07. The molecule has 0 saturated carbocycles. The number of hydrogen-bond acceptors (Lipinski definition) is 3. The normalized spacial score (nSPS) is 31.1. The smallest absolute Gasteiger partial charge is 0.338 e. The van der Waals surface area contributed by atoms with Crippen LogP contribution in [0.3, 0.4) is 0 Å². The summed E-state index contributed by atoms with van der Waals surface area (Å²) < 4.78 is 10.4. The largest absolute Gasteiger partial charge is 0.457 e. The van der Waals surface area contributed by atoms with Crippen molar-refractivity contribution in [2.45, 2.75) is 57.3 Å². The van der Waals surface area contributed by atoms with Crippen molar-refractivity contribution in [3.05, 3.63) is 24.3 Å². The van der Waals surface area contributed by atoms with Crippen LogP contribution in [0.5, 0.6) is 0 Å². The van der Waals surface area contributed by atoms with Gasteiger partial charge in [0.25, 0.3) is 0 Å². The number of unbranched alkanes of at least 4 members (excludes halogenated alkanes) is 1. The molecule has 2 aliphatic heterocycles. The fourth-order valence-electron chi connectivity index (χ4n) is 2.04. The lowest BCUT2D eigenvalue weighted by Gasteiger charge is -2.08. The van der Waals surface area contributed by atoms with Gasteiger partial charge in [-0.05, 0) is 25.7 Å². The third kappa shape index (κ3) is 3.43. The Morgan fingerprint density at radius 1 is 1.18 bits per heavy atom. The minimum Gasteiger partial charge on any atom is -0.457 e. The van der Waals surface area contributed by atoms with Crippen LogP contribution in [0.15, 0.2) is 24.3 Å². The monoisotopic (exact) mass is 236 g/mol. The van der Waals surface area contributed by atoms with E-state index < -0.39 is 0 Å². The van der Waals surface area contributed by atoms with Gasteiger partial charge in [-0.15, -0.1) is 0 Å². The highest BCUT2D eigenvalue weighted by atomic mass is 16.7. The highest BCUT2D eigenvalue weighted by molar-refractivity contribution is 5.81. The first-order valence-corrected chi connectivity index (χ1v) is 6.49. The van der Waals surface area contributed by atoms with Gasteiger partial charge in [0.05, 0.1) is 0 Å². The maximum atomic E-state index is 11.1. The van der Waals surface area contributed by atoms with Crippen LogP contribution in [-0.4, -0.2) is 24.3 Å². The molecule has 0 aromatic heterocycles. The Hall–Kier alpha value is -1.09. The predicted octanol–water partition coefficient (Wildman–Crippen LogP) is 2.76. The minimum absolute atomic E-state index is 0.00668. The van der Waals surface area contributed by atoms with E-state index in [4.69, 9.17) is 9.47 Å². The van der Waals surface area contributed by atoms with Crippen LogP contribution in [0.1, 0.15) is 39.0 Å². The zero-order valence-corrected chi connectivity index (χ0v) is 10.3. The first kappa shape index (κ1) is 12.4. The summed E-state index contributed by atoms with van der Waals surface area (Å²) in [6.07, 6.45) is 13.7. The van der Waals surface area contributed by atoms with Crippen LogP contribution in [0.4, 0.5) is 0 Å². The molecule has 0 unspecified atom stereocenters. The van der Waals surface area contributed by atoms with E-state index in [0.29, 0.717) is 0 Å². The number of ether oxygens (including phenoxy) is 2. The van der Waals surface area contributed by atoms with Gasteiger partial charge in [-0.25, -0.2) is 4.79 Å². The maximum absolute atomic E-state index is 11.1. The Bertz CT molecular complexity index is 319. The van der Waals surface area contributed by atoms with E-state index >= 15 is 0 Å². The summed E-state index contributed by atoms with van der Waals surface area (Å²) in [6.45, 7) is 2.18. The second-order valence-corrected chi connectivity index (χ2v) is 4.54. The Labute approximate surface area is 102 Å². The van der Waals surface area contributed by atoms with E-state index in [2.05, 4.69) is 31.2 Å². The molecule has 2 heterocycles. The summed E-state index contributed by atoms with van der Waals surface area (Å²) >= 11 is 0. The Balaban J connectivity index is 1.54. The van der Waals surface area contributed by atoms with Crippen molar-refractivity contribution in [2.24, 2.45) is 0 Å². The highest BCUT2D eigenvalue weighted by Gasteiger charge is 2.58. The third-order valence-corrected chi connectivity index (χ3v) is 3.07. The van der Waals surface area contributed by atoms with E-state index in [0.717, 1.165) is 25.7 Å². The van der Waals surface area contributed by atoms with Crippen molar-refractivity contribution in [3.63, 3.8) is 0 Å². The zero-order chi connectivity index (χ0) is 12.1. The van der Waals surface area contributed by atoms with Crippen LogP contribution in [0.25, 0.3) is 0 Å². The van der Waals surface area contributed by atoms with Gasteiger partial charge < -0.3 is 9.47 Å². The van der Waals surface area contributed by atoms with Gasteiger partial charge in [0.15, 0.2) is 6.10 Å². The first-order chi connectivity index (χ1) is 8.33. The number of epoxide rings is 1. The lowest BCUT2D eigenvalue weighted by Crippen LogP contribution is -2.15. The molecule has 3 heteroatoms. The first-order valence-electron chi connectivity index (χ1n) is 6.49. The Morgan fingerprint density at radius 3 is 2.53 bits per heavy atom. The van der Waals surface area contributed by atoms with Crippen molar-refractivity contribution in [1.29, 1.82) is 0 Å². The van der Waals surface area contributed by atoms with Crippen LogP contribution in [0.2, 0.25) is 0 Å². The molecule has 0 aliphatic carbocycles. The fourth-order valence-corrected chi connectivity index (χ4v) is 2.04. The number of hydrogen-bond donors (Lipinski definition) is 0. The van der Waals surface area contributed by atoms with Gasteiger partial charge in [0.2, 0.25) is 0 Å². The highest BCUT2D eigenvalue weighted by Crippen LogP contribution is 2.37. The molecule has 2 rings (SSSR count). The topological polar surface area (TPSA) is 38.8 Å². The SMILES string of the molecule is CCC/C=C/C/C=C/CC[C@H]1OC(=O)[C@@H]2O[C@H]12. The van der Waals surface area contributed by atoms with E-state index in [1.54, 1.807) is 0 Å². The van der Waals surface area contributed by atoms with Gasteiger partial charge in [0, 0.05) is 0 Å². The summed E-state index contributed by atoms with van der Waals surface area (Å²) in [5.74, 6) is -0.175.